The van der Waals surface area contributed by atoms with Crippen LogP contribution in [0.1, 0.15) is 37.8 Å². The summed E-state index contributed by atoms with van der Waals surface area (Å²) in [4.78, 5) is 33.5. The molecule has 8 nitrogen and oxygen atoms in total. The van der Waals surface area contributed by atoms with Crippen LogP contribution in [0.25, 0.3) is 0 Å². The van der Waals surface area contributed by atoms with E-state index in [-0.39, 0.29) is 6.01 Å². The summed E-state index contributed by atoms with van der Waals surface area (Å²) in [6.07, 6.45) is -2.68. The van der Waals surface area contributed by atoms with Gasteiger partial charge in [0.1, 0.15) is 19.1 Å². The zero-order valence-corrected chi connectivity index (χ0v) is 21.1. The molecule has 2 aromatic rings. The van der Waals surface area contributed by atoms with Gasteiger partial charge in [0.25, 0.3) is 0 Å². The summed E-state index contributed by atoms with van der Waals surface area (Å²) in [5, 5.41) is 22.6. The first-order valence-electron chi connectivity index (χ1n) is 11.4. The number of nitrogens with one attached hydrogen (secondary N) is 1. The maximum atomic E-state index is 15.5. The minimum absolute atomic E-state index is 0.220. The van der Waals surface area contributed by atoms with E-state index in [0.29, 0.717) is 12.1 Å². The maximum Gasteiger partial charge on any atom is 0.418 e. The molecule has 0 aliphatic carbocycles. The van der Waals surface area contributed by atoms with Crippen LogP contribution in [0.15, 0.2) is 30.6 Å². The minimum Gasteiger partial charge on any atom is -0.481 e. The lowest BCUT2D eigenvalue weighted by atomic mass is 9.48. The summed E-state index contributed by atoms with van der Waals surface area (Å²) in [7, 11) is 0. The molecule has 38 heavy (non-hydrogen) atoms. The van der Waals surface area contributed by atoms with E-state index in [1.807, 2.05) is 0 Å². The topological polar surface area (TPSA) is 122 Å². The van der Waals surface area contributed by atoms with Crippen LogP contribution in [0.4, 0.5) is 22.0 Å². The highest BCUT2D eigenvalue weighted by atomic mass is 35.5. The number of piperidine rings is 1. The van der Waals surface area contributed by atoms with Gasteiger partial charge in [-0.25, -0.2) is 18.7 Å². The number of hydrogen-bond acceptors (Lipinski definition) is 6. The van der Waals surface area contributed by atoms with Crippen molar-refractivity contribution in [1.82, 2.24) is 15.3 Å². The zero-order valence-electron chi connectivity index (χ0n) is 20.4. The number of benzene rings is 1. The number of hydrogen-bond donors (Lipinski definition) is 3. The Morgan fingerprint density at radius 1 is 1.16 bits per heavy atom. The third-order valence-corrected chi connectivity index (χ3v) is 7.67. The fourth-order valence-electron chi connectivity index (χ4n) is 5.57. The number of nitrogens with zero attached hydrogens (tertiary/aromatic N) is 2. The van der Waals surface area contributed by atoms with Gasteiger partial charge in [-0.3, -0.25) is 9.59 Å². The second kappa shape index (κ2) is 10.6. The van der Waals surface area contributed by atoms with Crippen LogP contribution in [0.3, 0.4) is 0 Å². The number of carbonyl (C=O) groups is 2. The van der Waals surface area contributed by atoms with Gasteiger partial charge in [0.2, 0.25) is 0 Å². The van der Waals surface area contributed by atoms with Crippen LogP contribution in [0.2, 0.25) is 5.02 Å². The molecule has 0 amide bonds. The van der Waals surface area contributed by atoms with Crippen molar-refractivity contribution in [2.45, 2.75) is 44.9 Å². The highest BCUT2D eigenvalue weighted by molar-refractivity contribution is 6.31. The van der Waals surface area contributed by atoms with Crippen molar-refractivity contribution >= 4 is 23.5 Å². The van der Waals surface area contributed by atoms with E-state index >= 15 is 4.39 Å². The monoisotopic (exact) mass is 565 g/mol. The lowest BCUT2D eigenvalue weighted by molar-refractivity contribution is -0.181. The van der Waals surface area contributed by atoms with Crippen LogP contribution in [0, 0.1) is 22.6 Å². The molecule has 3 N–H and O–H groups in total. The molecule has 1 fully saturated rings. The fourth-order valence-corrected chi connectivity index (χ4v) is 5.84. The number of carboxylic acid groups (broad SMARTS) is 2. The predicted molar refractivity (Wildman–Crippen MR) is 124 cm³/mol. The summed E-state index contributed by atoms with van der Waals surface area (Å²) < 4.78 is 78.4. The van der Waals surface area contributed by atoms with Gasteiger partial charge in [-0.15, -0.1) is 0 Å². The third-order valence-electron chi connectivity index (χ3n) is 7.36. The number of ether oxygens (including phenoxy) is 1. The molecule has 3 rings (SSSR count). The lowest BCUT2D eigenvalue weighted by Crippen LogP contribution is -2.73. The lowest BCUT2D eigenvalue weighted by Gasteiger charge is -2.58. The van der Waals surface area contributed by atoms with Crippen molar-refractivity contribution in [3.63, 3.8) is 0 Å². The summed E-state index contributed by atoms with van der Waals surface area (Å²) in [5.41, 5.74) is -8.08. The molecule has 0 bridgehead atoms. The predicted octanol–water partition coefficient (Wildman–Crippen LogP) is 4.58. The summed E-state index contributed by atoms with van der Waals surface area (Å²) in [5.74, 6) is -8.52. The molecule has 208 valence electrons. The zero-order chi connectivity index (χ0) is 28.6. The van der Waals surface area contributed by atoms with E-state index in [0.717, 1.165) is 6.92 Å². The fraction of sp³-hybridized carbons (Fsp3) is 0.500. The third kappa shape index (κ3) is 4.66. The first-order valence-corrected chi connectivity index (χ1v) is 11.8. The summed E-state index contributed by atoms with van der Waals surface area (Å²) in [6, 6.07) is -0.794. The number of aliphatic carboxylic acids is 2. The van der Waals surface area contributed by atoms with Gasteiger partial charge in [-0.05, 0) is 31.0 Å². The molecule has 1 aromatic carbocycles. The van der Waals surface area contributed by atoms with Gasteiger partial charge in [0.15, 0.2) is 0 Å². The molecule has 1 aromatic heterocycles. The van der Waals surface area contributed by atoms with Gasteiger partial charge < -0.3 is 20.3 Å². The van der Waals surface area contributed by atoms with Crippen molar-refractivity contribution in [2.24, 2.45) is 16.7 Å². The smallest absolute Gasteiger partial charge is 0.418 e. The SMILES string of the molecule is CC(C)C1(C(=O)O)C(COc2ncccn2)NC(CF)C(C)(C(=O)O)C1c1c(F)ccc(Cl)c1C(F)(F)F. The molecule has 0 radical (unpaired) electrons. The highest BCUT2D eigenvalue weighted by Crippen LogP contribution is 2.61. The van der Waals surface area contributed by atoms with E-state index in [4.69, 9.17) is 16.3 Å². The number of rotatable bonds is 8. The first kappa shape index (κ1) is 29.5. The molecule has 14 heteroatoms. The first-order chi connectivity index (χ1) is 17.6. The van der Waals surface area contributed by atoms with Gasteiger partial charge in [-0.1, -0.05) is 25.4 Å². The van der Waals surface area contributed by atoms with Gasteiger partial charge in [-0.2, -0.15) is 13.2 Å². The van der Waals surface area contributed by atoms with Crippen LogP contribution in [-0.2, 0) is 15.8 Å². The van der Waals surface area contributed by atoms with E-state index < -0.39 is 88.1 Å². The Labute approximate surface area is 219 Å². The highest BCUT2D eigenvalue weighted by Gasteiger charge is 2.69. The number of alkyl halides is 4. The van der Waals surface area contributed by atoms with Gasteiger partial charge in [0.05, 0.1) is 33.5 Å². The quantitative estimate of drug-likeness (QED) is 0.398. The minimum atomic E-state index is -5.31. The molecule has 0 spiro atoms. The Kier molecular flexibility index (Phi) is 8.23. The van der Waals surface area contributed by atoms with E-state index in [1.54, 1.807) is 0 Å². The standard InChI is InChI=1S/C24H25ClF5N3O5/c1-11(2)23(20(36)37)15(10-38-21-31-7-4-8-32-21)33-14(9-26)22(3,19(34)35)18(23)16-13(27)6-5-12(25)17(16)24(28,29)30/h4-8,11,14-15,18,33H,9-10H2,1-3H3,(H,34,35)(H,36,37). The van der Waals surface area contributed by atoms with Crippen LogP contribution in [-0.4, -0.2) is 57.5 Å². The van der Waals surface area contributed by atoms with Crippen LogP contribution < -0.4 is 10.1 Å². The molecule has 1 aliphatic rings. The van der Waals surface area contributed by atoms with Gasteiger partial charge in [0, 0.05) is 23.9 Å². The summed E-state index contributed by atoms with van der Waals surface area (Å²) in [6.45, 7) is 1.51. The Hall–Kier alpha value is -3.06. The molecular formula is C24H25ClF5N3O5. The number of aromatic nitrogens is 2. The van der Waals surface area contributed by atoms with E-state index in [9.17, 15) is 37.4 Å². The molecule has 1 aliphatic heterocycles. The van der Waals surface area contributed by atoms with Crippen molar-refractivity contribution in [3.05, 3.63) is 52.6 Å². The van der Waals surface area contributed by atoms with E-state index in [2.05, 4.69) is 15.3 Å². The summed E-state index contributed by atoms with van der Waals surface area (Å²) >= 11 is 5.87. The molecule has 0 saturated carbocycles. The average molecular weight is 566 g/mol. The van der Waals surface area contributed by atoms with Crippen molar-refractivity contribution < 1.29 is 46.5 Å². The van der Waals surface area contributed by atoms with Crippen LogP contribution in [0.5, 0.6) is 6.01 Å². The number of carboxylic acids is 2. The Balaban J connectivity index is 2.44. The molecule has 2 heterocycles. The molecule has 1 saturated heterocycles. The van der Waals surface area contributed by atoms with Crippen LogP contribution >= 0.6 is 11.6 Å². The second-order valence-corrected chi connectivity index (χ2v) is 9.91. The van der Waals surface area contributed by atoms with Gasteiger partial charge >= 0.3 is 24.1 Å². The normalized spacial score (nSPS) is 27.8. The molecule has 5 atom stereocenters. The van der Waals surface area contributed by atoms with Crippen molar-refractivity contribution in [1.29, 1.82) is 0 Å². The Morgan fingerprint density at radius 2 is 1.76 bits per heavy atom. The van der Waals surface area contributed by atoms with Crippen molar-refractivity contribution in [2.75, 3.05) is 13.3 Å². The Morgan fingerprint density at radius 3 is 2.24 bits per heavy atom. The van der Waals surface area contributed by atoms with Crippen molar-refractivity contribution in [3.8, 4) is 6.01 Å². The average Bonchev–Trinajstić information content (AvgIpc) is 2.83. The number of halogens is 6. The molecular weight excluding hydrogens is 541 g/mol. The largest absolute Gasteiger partial charge is 0.481 e. The second-order valence-electron chi connectivity index (χ2n) is 9.50. The molecule has 5 unspecified atom stereocenters. The van der Waals surface area contributed by atoms with E-state index in [1.165, 1.54) is 32.3 Å². The Bertz CT molecular complexity index is 1200. The maximum absolute atomic E-state index is 15.5.